The average molecular weight is 217 g/mol. The van der Waals surface area contributed by atoms with E-state index in [1.807, 2.05) is 17.9 Å². The van der Waals surface area contributed by atoms with Crippen LogP contribution in [0.2, 0.25) is 0 Å². The summed E-state index contributed by atoms with van der Waals surface area (Å²) in [4.78, 5) is 4.37. The third-order valence-corrected chi connectivity index (χ3v) is 3.49. The van der Waals surface area contributed by atoms with Crippen LogP contribution in [0.25, 0.3) is 11.0 Å². The van der Waals surface area contributed by atoms with Gasteiger partial charge in [0.25, 0.3) is 0 Å². The molecule has 1 fully saturated rings. The average Bonchev–Trinajstić information content (AvgIpc) is 2.60. The molecular weight excluding hydrogens is 202 g/mol. The zero-order valence-corrected chi connectivity index (χ0v) is 9.31. The smallest absolute Gasteiger partial charge is 0.0955 e. The monoisotopic (exact) mass is 217 g/mol. The summed E-state index contributed by atoms with van der Waals surface area (Å²) in [6.45, 7) is 2.08. The SMILES string of the molecule is Cn1cnc2cc(C3(CN)COC3)ccc21. The molecule has 2 heterocycles. The van der Waals surface area contributed by atoms with Gasteiger partial charge in [0.15, 0.2) is 0 Å². The van der Waals surface area contributed by atoms with Gasteiger partial charge in [-0.15, -0.1) is 0 Å². The van der Waals surface area contributed by atoms with Gasteiger partial charge in [-0.05, 0) is 17.7 Å². The topological polar surface area (TPSA) is 53.1 Å². The van der Waals surface area contributed by atoms with Gasteiger partial charge in [-0.25, -0.2) is 4.98 Å². The molecule has 3 rings (SSSR count). The van der Waals surface area contributed by atoms with E-state index in [0.717, 1.165) is 24.2 Å². The molecule has 4 nitrogen and oxygen atoms in total. The minimum Gasteiger partial charge on any atom is -0.379 e. The van der Waals surface area contributed by atoms with E-state index in [1.54, 1.807) is 0 Å². The Hall–Kier alpha value is -1.39. The minimum atomic E-state index is 0.0196. The molecule has 2 N–H and O–H groups in total. The Kier molecular flexibility index (Phi) is 2.02. The molecule has 1 aliphatic rings. The zero-order valence-electron chi connectivity index (χ0n) is 9.31. The molecule has 0 radical (unpaired) electrons. The van der Waals surface area contributed by atoms with Gasteiger partial charge in [-0.3, -0.25) is 0 Å². The van der Waals surface area contributed by atoms with Crippen molar-refractivity contribution in [3.05, 3.63) is 30.1 Å². The van der Waals surface area contributed by atoms with Gasteiger partial charge in [0.05, 0.1) is 36.0 Å². The van der Waals surface area contributed by atoms with E-state index < -0.39 is 0 Å². The second-order valence-electron chi connectivity index (χ2n) is 4.54. The number of aryl methyl sites for hydroxylation is 1. The van der Waals surface area contributed by atoms with Crippen LogP contribution in [0.3, 0.4) is 0 Å². The molecule has 1 aromatic carbocycles. The maximum absolute atomic E-state index is 5.84. The number of rotatable bonds is 2. The summed E-state index contributed by atoms with van der Waals surface area (Å²) in [5, 5.41) is 0. The Bertz CT molecular complexity index is 523. The quantitative estimate of drug-likeness (QED) is 0.809. The van der Waals surface area contributed by atoms with Crippen molar-refractivity contribution in [3.63, 3.8) is 0 Å². The molecule has 0 saturated carbocycles. The van der Waals surface area contributed by atoms with Crippen LogP contribution in [0.4, 0.5) is 0 Å². The van der Waals surface area contributed by atoms with E-state index in [0.29, 0.717) is 6.54 Å². The van der Waals surface area contributed by atoms with E-state index in [9.17, 15) is 0 Å². The Labute approximate surface area is 94.0 Å². The summed E-state index contributed by atoms with van der Waals surface area (Å²) in [6.07, 6.45) is 1.83. The fraction of sp³-hybridized carbons (Fsp3) is 0.417. The third kappa shape index (κ3) is 1.20. The van der Waals surface area contributed by atoms with Crippen LogP contribution >= 0.6 is 0 Å². The highest BCUT2D eigenvalue weighted by molar-refractivity contribution is 5.76. The van der Waals surface area contributed by atoms with Crippen molar-refractivity contribution < 1.29 is 4.74 Å². The Morgan fingerprint density at radius 3 is 2.94 bits per heavy atom. The van der Waals surface area contributed by atoms with Crippen LogP contribution in [0.15, 0.2) is 24.5 Å². The van der Waals surface area contributed by atoms with Crippen molar-refractivity contribution >= 4 is 11.0 Å². The summed E-state index contributed by atoms with van der Waals surface area (Å²) in [7, 11) is 2.00. The van der Waals surface area contributed by atoms with E-state index in [1.165, 1.54) is 5.56 Å². The molecule has 0 spiro atoms. The molecule has 0 bridgehead atoms. The van der Waals surface area contributed by atoms with Crippen molar-refractivity contribution in [2.24, 2.45) is 12.8 Å². The number of benzene rings is 1. The predicted octanol–water partition coefficient (Wildman–Crippen LogP) is 0.800. The number of hydrogen-bond donors (Lipinski definition) is 1. The third-order valence-electron chi connectivity index (χ3n) is 3.49. The summed E-state index contributed by atoms with van der Waals surface area (Å²) in [5.41, 5.74) is 9.28. The standard InChI is InChI=1S/C12H15N3O/c1-15-8-14-10-4-9(2-3-11(10)15)12(5-13)6-16-7-12/h2-4,8H,5-7,13H2,1H3. The summed E-state index contributed by atoms with van der Waals surface area (Å²) in [5.74, 6) is 0. The molecule has 84 valence electrons. The molecule has 0 atom stereocenters. The number of imidazole rings is 1. The molecule has 1 aliphatic heterocycles. The minimum absolute atomic E-state index is 0.0196. The van der Waals surface area contributed by atoms with E-state index >= 15 is 0 Å². The lowest BCUT2D eigenvalue weighted by Crippen LogP contribution is -2.52. The highest BCUT2D eigenvalue weighted by Gasteiger charge is 2.39. The number of hydrogen-bond acceptors (Lipinski definition) is 3. The maximum Gasteiger partial charge on any atom is 0.0955 e. The number of fused-ring (bicyclic) bond motifs is 1. The Morgan fingerprint density at radius 1 is 1.50 bits per heavy atom. The van der Waals surface area contributed by atoms with E-state index in [2.05, 4.69) is 23.2 Å². The maximum atomic E-state index is 5.84. The fourth-order valence-electron chi connectivity index (χ4n) is 2.22. The van der Waals surface area contributed by atoms with Gasteiger partial charge in [-0.1, -0.05) is 6.07 Å². The molecular formula is C12H15N3O. The van der Waals surface area contributed by atoms with Crippen molar-refractivity contribution in [1.29, 1.82) is 0 Å². The first kappa shape index (κ1) is 9.81. The number of ether oxygens (including phenoxy) is 1. The molecule has 0 amide bonds. The highest BCUT2D eigenvalue weighted by atomic mass is 16.5. The predicted molar refractivity (Wildman–Crippen MR) is 62.3 cm³/mol. The van der Waals surface area contributed by atoms with Gasteiger partial charge in [0.1, 0.15) is 0 Å². The van der Waals surface area contributed by atoms with Gasteiger partial charge < -0.3 is 15.0 Å². The van der Waals surface area contributed by atoms with E-state index in [4.69, 9.17) is 10.5 Å². The molecule has 1 aromatic heterocycles. The molecule has 16 heavy (non-hydrogen) atoms. The molecule has 4 heteroatoms. The van der Waals surface area contributed by atoms with Crippen LogP contribution in [-0.2, 0) is 17.2 Å². The first-order chi connectivity index (χ1) is 7.75. The summed E-state index contributed by atoms with van der Waals surface area (Å²) >= 11 is 0. The van der Waals surface area contributed by atoms with E-state index in [-0.39, 0.29) is 5.41 Å². The van der Waals surface area contributed by atoms with Crippen LogP contribution in [0.1, 0.15) is 5.56 Å². The van der Waals surface area contributed by atoms with Crippen LogP contribution < -0.4 is 5.73 Å². The normalized spacial score (nSPS) is 18.6. The largest absolute Gasteiger partial charge is 0.379 e. The summed E-state index contributed by atoms with van der Waals surface area (Å²) < 4.78 is 7.31. The first-order valence-corrected chi connectivity index (χ1v) is 5.45. The van der Waals surface area contributed by atoms with Gasteiger partial charge >= 0.3 is 0 Å². The van der Waals surface area contributed by atoms with Gasteiger partial charge in [0.2, 0.25) is 0 Å². The lowest BCUT2D eigenvalue weighted by atomic mass is 9.78. The summed E-state index contributed by atoms with van der Waals surface area (Å²) in [6, 6.07) is 6.37. The Morgan fingerprint density at radius 2 is 2.31 bits per heavy atom. The second kappa shape index (κ2) is 3.30. The molecule has 1 saturated heterocycles. The number of nitrogens with zero attached hydrogens (tertiary/aromatic N) is 2. The number of aromatic nitrogens is 2. The van der Waals surface area contributed by atoms with Crippen molar-refractivity contribution in [2.45, 2.75) is 5.41 Å². The second-order valence-corrected chi connectivity index (χ2v) is 4.54. The first-order valence-electron chi connectivity index (χ1n) is 5.45. The highest BCUT2D eigenvalue weighted by Crippen LogP contribution is 2.32. The number of nitrogens with two attached hydrogens (primary N) is 1. The van der Waals surface area contributed by atoms with Crippen molar-refractivity contribution in [3.8, 4) is 0 Å². The van der Waals surface area contributed by atoms with Crippen molar-refractivity contribution in [2.75, 3.05) is 19.8 Å². The fourth-order valence-corrected chi connectivity index (χ4v) is 2.22. The van der Waals surface area contributed by atoms with Gasteiger partial charge in [0, 0.05) is 13.6 Å². The Balaban J connectivity index is 2.11. The molecule has 2 aromatic rings. The van der Waals surface area contributed by atoms with Gasteiger partial charge in [-0.2, -0.15) is 0 Å². The molecule has 0 aliphatic carbocycles. The van der Waals surface area contributed by atoms with Crippen LogP contribution in [0.5, 0.6) is 0 Å². The zero-order chi connectivity index (χ0) is 11.2. The lowest BCUT2D eigenvalue weighted by molar-refractivity contribution is -0.0549. The van der Waals surface area contributed by atoms with Crippen LogP contribution in [-0.4, -0.2) is 29.3 Å². The lowest BCUT2D eigenvalue weighted by Gasteiger charge is -2.41. The van der Waals surface area contributed by atoms with Crippen molar-refractivity contribution in [1.82, 2.24) is 9.55 Å². The van der Waals surface area contributed by atoms with Crippen LogP contribution in [0, 0.1) is 0 Å². The molecule has 0 unspecified atom stereocenters.